The number of thiophene rings is 1. The number of likely N-dealkylation sites (tertiary alicyclic amines) is 1. The molecule has 2 aliphatic heterocycles. The number of nitrogens with one attached hydrogen (secondary N) is 1. The van der Waals surface area contributed by atoms with Crippen LogP contribution in [0.15, 0.2) is 30.6 Å². The van der Waals surface area contributed by atoms with Crippen LogP contribution >= 0.6 is 22.9 Å². The number of rotatable bonds is 6. The van der Waals surface area contributed by atoms with E-state index in [1.54, 1.807) is 18.5 Å². The molecule has 174 valence electrons. The number of Topliss-reactive ketones (excluding diaryl/α,β-unsaturated/α-hetero) is 2. The average Bonchev–Trinajstić information content (AvgIpc) is 3.56. The molecule has 2 saturated heterocycles. The van der Waals surface area contributed by atoms with E-state index in [9.17, 15) is 14.4 Å². The molecule has 5 rings (SSSR count). The van der Waals surface area contributed by atoms with Gasteiger partial charge in [-0.1, -0.05) is 19.3 Å². The highest BCUT2D eigenvalue weighted by molar-refractivity contribution is 7.17. The van der Waals surface area contributed by atoms with Gasteiger partial charge >= 0.3 is 0 Å². The number of fused-ring (bicyclic) bond motifs is 1. The zero-order chi connectivity index (χ0) is 23.0. The van der Waals surface area contributed by atoms with Gasteiger partial charge in [-0.05, 0) is 31.0 Å². The summed E-state index contributed by atoms with van der Waals surface area (Å²) in [6.45, 7) is 0.402. The fourth-order valence-electron chi connectivity index (χ4n) is 5.36. The first-order valence-electron chi connectivity index (χ1n) is 11.2. The Morgan fingerprint density at radius 2 is 2.03 bits per heavy atom. The maximum Gasteiger partial charge on any atom is 0.261 e. The molecule has 1 saturated carbocycles. The third kappa shape index (κ3) is 4.12. The van der Waals surface area contributed by atoms with E-state index >= 15 is 0 Å². The van der Waals surface area contributed by atoms with E-state index in [4.69, 9.17) is 16.3 Å². The smallest absolute Gasteiger partial charge is 0.261 e. The molecule has 3 aliphatic rings. The molecule has 1 N–H and O–H groups in total. The Kier molecular flexibility index (Phi) is 6.30. The van der Waals surface area contributed by atoms with Crippen LogP contribution in [0.3, 0.4) is 0 Å². The second-order valence-corrected chi connectivity index (χ2v) is 10.5. The quantitative estimate of drug-likeness (QED) is 0.623. The second-order valence-electron chi connectivity index (χ2n) is 8.85. The summed E-state index contributed by atoms with van der Waals surface area (Å²) in [5.74, 6) is -0.362. The van der Waals surface area contributed by atoms with Crippen LogP contribution in [0.2, 0.25) is 0 Å². The summed E-state index contributed by atoms with van der Waals surface area (Å²) in [6.07, 6.45) is 7.08. The predicted octanol–water partition coefficient (Wildman–Crippen LogP) is 2.47. The van der Waals surface area contributed by atoms with E-state index in [-0.39, 0.29) is 42.1 Å². The zero-order valence-electron chi connectivity index (χ0n) is 18.0. The van der Waals surface area contributed by atoms with Gasteiger partial charge in [0.25, 0.3) is 5.91 Å². The Hall–Kier alpha value is -2.20. The Morgan fingerprint density at radius 3 is 2.79 bits per heavy atom. The number of ether oxygens (including phenoxy) is 1. The molecule has 2 aromatic rings. The maximum atomic E-state index is 13.6. The van der Waals surface area contributed by atoms with Gasteiger partial charge in [0.15, 0.2) is 11.6 Å². The Bertz CT molecular complexity index is 1060. The number of ketones is 2. The fraction of sp³-hybridized carbons (Fsp3) is 0.522. The summed E-state index contributed by atoms with van der Waals surface area (Å²) in [6, 6.07) is 4.96. The molecule has 0 aromatic carbocycles. The number of carbonyl (C=O) groups excluding carboxylic acids is 3. The van der Waals surface area contributed by atoms with Gasteiger partial charge in [0.2, 0.25) is 0 Å². The molecule has 8 nitrogen and oxygen atoms in total. The SMILES string of the molecule is O=C(NCC(=O)C1(N2C[C@H](Cl)[C@H]3OCC(=O)[C@H]32)CCCCC1)c1ccc(-c2ccnnc2)s1. The minimum atomic E-state index is -0.787. The number of amides is 1. The molecular formula is C23H25ClN4O4S. The first-order chi connectivity index (χ1) is 16.0. The average molecular weight is 489 g/mol. The molecule has 0 spiro atoms. The lowest BCUT2D eigenvalue weighted by Crippen LogP contribution is -2.61. The van der Waals surface area contributed by atoms with Gasteiger partial charge in [0, 0.05) is 17.0 Å². The summed E-state index contributed by atoms with van der Waals surface area (Å²) in [7, 11) is 0. The van der Waals surface area contributed by atoms with E-state index < -0.39 is 11.6 Å². The second kappa shape index (κ2) is 9.21. The number of aromatic nitrogens is 2. The van der Waals surface area contributed by atoms with Gasteiger partial charge in [0.1, 0.15) is 12.6 Å². The fourth-order valence-corrected chi connectivity index (χ4v) is 6.64. The molecule has 33 heavy (non-hydrogen) atoms. The minimum Gasteiger partial charge on any atom is -0.367 e. The van der Waals surface area contributed by atoms with Crippen molar-refractivity contribution in [3.8, 4) is 10.4 Å². The van der Waals surface area contributed by atoms with Crippen molar-refractivity contribution in [2.45, 2.75) is 55.2 Å². The van der Waals surface area contributed by atoms with E-state index in [1.165, 1.54) is 11.3 Å². The molecule has 3 fully saturated rings. The van der Waals surface area contributed by atoms with Crippen LogP contribution < -0.4 is 5.32 Å². The monoisotopic (exact) mass is 488 g/mol. The molecule has 3 atom stereocenters. The van der Waals surface area contributed by atoms with Crippen molar-refractivity contribution in [3.63, 3.8) is 0 Å². The number of halogens is 1. The highest BCUT2D eigenvalue weighted by Gasteiger charge is 2.58. The molecule has 0 radical (unpaired) electrons. The standard InChI is InChI=1S/C23H25ClN4O4S/c24-15-12-28(20-16(29)13-32-21(15)20)23(7-2-1-3-8-23)19(30)11-25-22(31)18-5-4-17(33-18)14-6-9-26-27-10-14/h4-6,9-10,15,20-21H,1-3,7-8,11-13H2,(H,25,31)/t15-,20+,21+/m0/s1. The molecule has 1 aliphatic carbocycles. The van der Waals surface area contributed by atoms with Crippen LogP contribution in [0.1, 0.15) is 41.8 Å². The van der Waals surface area contributed by atoms with Gasteiger partial charge in [-0.2, -0.15) is 10.2 Å². The van der Waals surface area contributed by atoms with Crippen molar-refractivity contribution in [2.24, 2.45) is 0 Å². The third-order valence-electron chi connectivity index (χ3n) is 6.98. The van der Waals surface area contributed by atoms with Gasteiger partial charge in [-0.15, -0.1) is 22.9 Å². The lowest BCUT2D eigenvalue weighted by atomic mass is 9.76. The first-order valence-corrected chi connectivity index (χ1v) is 12.5. The number of hydrogen-bond donors (Lipinski definition) is 1. The lowest BCUT2D eigenvalue weighted by molar-refractivity contribution is -0.136. The van der Waals surface area contributed by atoms with E-state index in [0.29, 0.717) is 24.3 Å². The first kappa shape index (κ1) is 22.6. The van der Waals surface area contributed by atoms with Gasteiger partial charge < -0.3 is 10.1 Å². The minimum absolute atomic E-state index is 0.0124. The molecule has 2 aromatic heterocycles. The van der Waals surface area contributed by atoms with Crippen LogP contribution in [-0.2, 0) is 14.3 Å². The van der Waals surface area contributed by atoms with Crippen molar-refractivity contribution in [2.75, 3.05) is 19.7 Å². The zero-order valence-corrected chi connectivity index (χ0v) is 19.6. The molecule has 10 heteroatoms. The van der Waals surface area contributed by atoms with Crippen LogP contribution in [0, 0.1) is 0 Å². The van der Waals surface area contributed by atoms with Crippen molar-refractivity contribution in [3.05, 3.63) is 35.5 Å². The molecule has 4 heterocycles. The molecule has 0 bridgehead atoms. The van der Waals surface area contributed by atoms with E-state index in [2.05, 4.69) is 15.5 Å². The lowest BCUT2D eigenvalue weighted by Gasteiger charge is -2.45. The van der Waals surface area contributed by atoms with Crippen molar-refractivity contribution < 1.29 is 19.1 Å². The summed E-state index contributed by atoms with van der Waals surface area (Å²) in [5.41, 5.74) is 0.0963. The highest BCUT2D eigenvalue weighted by Crippen LogP contribution is 2.42. The van der Waals surface area contributed by atoms with Crippen LogP contribution in [0.25, 0.3) is 10.4 Å². The number of nitrogens with zero attached hydrogens (tertiary/aromatic N) is 3. The van der Waals surface area contributed by atoms with Crippen LogP contribution in [0.4, 0.5) is 0 Å². The Balaban J connectivity index is 1.30. The van der Waals surface area contributed by atoms with Crippen molar-refractivity contribution in [1.29, 1.82) is 0 Å². The summed E-state index contributed by atoms with van der Waals surface area (Å²) in [5, 5.41) is 10.1. The summed E-state index contributed by atoms with van der Waals surface area (Å²) in [4.78, 5) is 42.4. The third-order valence-corrected chi connectivity index (χ3v) is 8.50. The molecule has 0 unspecified atom stereocenters. The van der Waals surface area contributed by atoms with Gasteiger partial charge in [0.05, 0.1) is 40.8 Å². The van der Waals surface area contributed by atoms with E-state index in [0.717, 1.165) is 29.7 Å². The van der Waals surface area contributed by atoms with Crippen molar-refractivity contribution in [1.82, 2.24) is 20.4 Å². The van der Waals surface area contributed by atoms with Crippen LogP contribution in [-0.4, -0.2) is 75.3 Å². The molecular weight excluding hydrogens is 464 g/mol. The Labute approximate surface area is 200 Å². The van der Waals surface area contributed by atoms with Crippen molar-refractivity contribution >= 4 is 40.4 Å². The highest BCUT2D eigenvalue weighted by atomic mass is 35.5. The topological polar surface area (TPSA) is 101 Å². The number of alkyl halides is 1. The number of carbonyl (C=O) groups is 3. The predicted molar refractivity (Wildman–Crippen MR) is 123 cm³/mol. The summed E-state index contributed by atoms with van der Waals surface area (Å²) < 4.78 is 5.63. The van der Waals surface area contributed by atoms with Gasteiger partial charge in [-0.3, -0.25) is 19.3 Å². The Morgan fingerprint density at radius 1 is 1.21 bits per heavy atom. The summed E-state index contributed by atoms with van der Waals surface area (Å²) >= 11 is 7.85. The van der Waals surface area contributed by atoms with Gasteiger partial charge in [-0.25, -0.2) is 0 Å². The largest absolute Gasteiger partial charge is 0.367 e. The number of hydrogen-bond acceptors (Lipinski definition) is 8. The normalized spacial score (nSPS) is 26.8. The van der Waals surface area contributed by atoms with E-state index in [1.807, 2.05) is 17.0 Å². The maximum absolute atomic E-state index is 13.6. The van der Waals surface area contributed by atoms with Crippen LogP contribution in [0.5, 0.6) is 0 Å². The molecule has 1 amide bonds.